The van der Waals surface area contributed by atoms with Crippen LogP contribution in [0.2, 0.25) is 0 Å². The Balaban J connectivity index is 2.07. The predicted octanol–water partition coefficient (Wildman–Crippen LogP) is 5.82. The van der Waals surface area contributed by atoms with Gasteiger partial charge < -0.3 is 5.73 Å². The summed E-state index contributed by atoms with van der Waals surface area (Å²) in [5.74, 6) is -0.775. The van der Waals surface area contributed by atoms with Gasteiger partial charge in [0.15, 0.2) is 0 Å². The standard InChI is InChI=1S/C17H32F3N/c1-2-3-4-5-6-7-8-9-16(21)14-10-12-15(13-11-14)17(18,19)20/h14-16H,2-13,21H2,1H3. The van der Waals surface area contributed by atoms with Crippen LogP contribution in [0, 0.1) is 11.8 Å². The molecule has 0 heterocycles. The van der Waals surface area contributed by atoms with Crippen LogP contribution in [0.5, 0.6) is 0 Å². The van der Waals surface area contributed by atoms with Crippen molar-refractivity contribution in [2.75, 3.05) is 0 Å². The number of hydrogen-bond acceptors (Lipinski definition) is 1. The van der Waals surface area contributed by atoms with Gasteiger partial charge in [0.05, 0.1) is 5.92 Å². The summed E-state index contributed by atoms with van der Waals surface area (Å²) in [6.07, 6.45) is 7.68. The fourth-order valence-electron chi connectivity index (χ4n) is 3.45. The predicted molar refractivity (Wildman–Crippen MR) is 82.1 cm³/mol. The minimum atomic E-state index is -4.01. The molecule has 1 unspecified atom stereocenters. The lowest BCUT2D eigenvalue weighted by atomic mass is 9.77. The second-order valence-corrected chi connectivity index (χ2v) is 6.73. The molecule has 2 N–H and O–H groups in total. The highest BCUT2D eigenvalue weighted by atomic mass is 19.4. The summed E-state index contributed by atoms with van der Waals surface area (Å²) in [5.41, 5.74) is 6.18. The summed E-state index contributed by atoms with van der Waals surface area (Å²) < 4.78 is 37.8. The molecule has 1 rings (SSSR count). The van der Waals surface area contributed by atoms with E-state index in [4.69, 9.17) is 5.73 Å². The Morgan fingerprint density at radius 1 is 0.905 bits per heavy atom. The van der Waals surface area contributed by atoms with Crippen LogP contribution in [0.1, 0.15) is 84.0 Å². The maximum atomic E-state index is 12.6. The van der Waals surface area contributed by atoms with Crippen LogP contribution in [0.3, 0.4) is 0 Å². The van der Waals surface area contributed by atoms with E-state index >= 15 is 0 Å². The van der Waals surface area contributed by atoms with E-state index in [1.54, 1.807) is 0 Å². The van der Waals surface area contributed by atoms with Gasteiger partial charge in [-0.05, 0) is 38.0 Å². The maximum Gasteiger partial charge on any atom is 0.391 e. The van der Waals surface area contributed by atoms with Crippen LogP contribution in [-0.2, 0) is 0 Å². The Morgan fingerprint density at radius 3 is 1.95 bits per heavy atom. The topological polar surface area (TPSA) is 26.0 Å². The van der Waals surface area contributed by atoms with Crippen molar-refractivity contribution in [3.05, 3.63) is 0 Å². The largest absolute Gasteiger partial charge is 0.391 e. The molecular formula is C17H32F3N. The summed E-state index contributed by atoms with van der Waals surface area (Å²) >= 11 is 0. The van der Waals surface area contributed by atoms with Crippen LogP contribution in [0.15, 0.2) is 0 Å². The first kappa shape index (κ1) is 18.8. The van der Waals surface area contributed by atoms with E-state index in [1.807, 2.05) is 0 Å². The molecule has 0 amide bonds. The molecule has 0 aromatic rings. The second-order valence-electron chi connectivity index (χ2n) is 6.73. The monoisotopic (exact) mass is 307 g/mol. The molecule has 0 bridgehead atoms. The van der Waals surface area contributed by atoms with E-state index in [9.17, 15) is 13.2 Å². The molecule has 126 valence electrons. The SMILES string of the molecule is CCCCCCCCCC(N)C1CCC(C(F)(F)F)CC1. The van der Waals surface area contributed by atoms with Crippen LogP contribution in [0.25, 0.3) is 0 Å². The molecule has 0 aliphatic heterocycles. The van der Waals surface area contributed by atoms with Crippen molar-refractivity contribution in [2.45, 2.75) is 96.2 Å². The van der Waals surface area contributed by atoms with Gasteiger partial charge in [-0.25, -0.2) is 0 Å². The average molecular weight is 307 g/mol. The number of hydrogen-bond donors (Lipinski definition) is 1. The van der Waals surface area contributed by atoms with Crippen LogP contribution >= 0.6 is 0 Å². The molecule has 1 aliphatic rings. The first-order chi connectivity index (χ1) is 9.95. The normalized spacial score (nSPS) is 25.0. The smallest absolute Gasteiger partial charge is 0.327 e. The Kier molecular flexibility index (Phi) is 8.69. The number of unbranched alkanes of at least 4 members (excludes halogenated alkanes) is 6. The van der Waals surface area contributed by atoms with Crippen molar-refractivity contribution in [1.82, 2.24) is 0 Å². The first-order valence-corrected chi connectivity index (χ1v) is 8.77. The van der Waals surface area contributed by atoms with Gasteiger partial charge in [0, 0.05) is 6.04 Å². The molecule has 1 saturated carbocycles. The third-order valence-electron chi connectivity index (χ3n) is 4.98. The maximum absolute atomic E-state index is 12.6. The van der Waals surface area contributed by atoms with Crippen molar-refractivity contribution < 1.29 is 13.2 Å². The van der Waals surface area contributed by atoms with Gasteiger partial charge >= 0.3 is 6.18 Å². The fourth-order valence-corrected chi connectivity index (χ4v) is 3.45. The Bertz CT molecular complexity index is 257. The highest BCUT2D eigenvalue weighted by Crippen LogP contribution is 2.40. The van der Waals surface area contributed by atoms with Crippen molar-refractivity contribution in [3.63, 3.8) is 0 Å². The van der Waals surface area contributed by atoms with Crippen molar-refractivity contribution >= 4 is 0 Å². The minimum absolute atomic E-state index is 0.106. The van der Waals surface area contributed by atoms with E-state index in [2.05, 4.69) is 6.92 Å². The average Bonchev–Trinajstić information content (AvgIpc) is 2.45. The van der Waals surface area contributed by atoms with Gasteiger partial charge in [0.25, 0.3) is 0 Å². The molecule has 4 heteroatoms. The fraction of sp³-hybridized carbons (Fsp3) is 1.00. The lowest BCUT2D eigenvalue weighted by Gasteiger charge is -2.33. The molecule has 0 aromatic heterocycles. The second kappa shape index (κ2) is 9.70. The molecule has 0 aromatic carbocycles. The van der Waals surface area contributed by atoms with E-state index < -0.39 is 12.1 Å². The van der Waals surface area contributed by atoms with Gasteiger partial charge in [-0.1, -0.05) is 51.9 Å². The molecule has 0 saturated heterocycles. The molecule has 0 spiro atoms. The van der Waals surface area contributed by atoms with E-state index in [0.29, 0.717) is 18.8 Å². The molecule has 1 nitrogen and oxygen atoms in total. The molecule has 1 aliphatic carbocycles. The van der Waals surface area contributed by atoms with Crippen LogP contribution in [-0.4, -0.2) is 12.2 Å². The van der Waals surface area contributed by atoms with Crippen molar-refractivity contribution in [2.24, 2.45) is 17.6 Å². The zero-order valence-corrected chi connectivity index (χ0v) is 13.4. The van der Waals surface area contributed by atoms with Crippen molar-refractivity contribution in [1.29, 1.82) is 0 Å². The Labute approximate surface area is 127 Å². The van der Waals surface area contributed by atoms with Gasteiger partial charge in [-0.2, -0.15) is 13.2 Å². The van der Waals surface area contributed by atoms with Gasteiger partial charge in [0.1, 0.15) is 0 Å². The summed E-state index contributed by atoms with van der Waals surface area (Å²) in [7, 11) is 0. The number of rotatable bonds is 9. The van der Waals surface area contributed by atoms with Crippen molar-refractivity contribution in [3.8, 4) is 0 Å². The lowest BCUT2D eigenvalue weighted by molar-refractivity contribution is -0.184. The summed E-state index contributed by atoms with van der Waals surface area (Å²) in [6, 6.07) is 0.106. The number of halogens is 3. The minimum Gasteiger partial charge on any atom is -0.327 e. The first-order valence-electron chi connectivity index (χ1n) is 8.77. The van der Waals surface area contributed by atoms with E-state index in [1.165, 1.54) is 38.5 Å². The van der Waals surface area contributed by atoms with Crippen LogP contribution < -0.4 is 5.73 Å². The lowest BCUT2D eigenvalue weighted by Crippen LogP contribution is -2.36. The summed E-state index contributed by atoms with van der Waals surface area (Å²) in [5, 5.41) is 0. The highest BCUT2D eigenvalue weighted by Gasteiger charge is 2.41. The zero-order chi connectivity index (χ0) is 15.7. The highest BCUT2D eigenvalue weighted by molar-refractivity contribution is 4.82. The molecular weight excluding hydrogens is 275 g/mol. The number of nitrogens with two attached hydrogens (primary N) is 1. The third-order valence-corrected chi connectivity index (χ3v) is 4.98. The summed E-state index contributed by atoms with van der Waals surface area (Å²) in [6.45, 7) is 2.21. The van der Waals surface area contributed by atoms with Gasteiger partial charge in [0.2, 0.25) is 0 Å². The Hall–Kier alpha value is -0.250. The quantitative estimate of drug-likeness (QED) is 0.533. The van der Waals surface area contributed by atoms with Crippen LogP contribution in [0.4, 0.5) is 13.2 Å². The van der Waals surface area contributed by atoms with E-state index in [-0.39, 0.29) is 18.9 Å². The number of alkyl halides is 3. The molecule has 1 fully saturated rings. The third kappa shape index (κ3) is 7.53. The van der Waals surface area contributed by atoms with Gasteiger partial charge in [-0.3, -0.25) is 0 Å². The zero-order valence-electron chi connectivity index (χ0n) is 13.4. The molecule has 0 radical (unpaired) electrons. The van der Waals surface area contributed by atoms with E-state index in [0.717, 1.165) is 12.8 Å². The molecule has 1 atom stereocenters. The van der Waals surface area contributed by atoms with Gasteiger partial charge in [-0.15, -0.1) is 0 Å². The Morgan fingerprint density at radius 2 is 1.43 bits per heavy atom. The molecule has 21 heavy (non-hydrogen) atoms. The summed E-state index contributed by atoms with van der Waals surface area (Å²) in [4.78, 5) is 0.